The third-order valence-electron chi connectivity index (χ3n) is 2.64. The van der Waals surface area contributed by atoms with Crippen molar-refractivity contribution in [3.05, 3.63) is 0 Å². The van der Waals surface area contributed by atoms with E-state index in [2.05, 4.69) is 13.8 Å². The lowest BCUT2D eigenvalue weighted by molar-refractivity contribution is -0.0750. The van der Waals surface area contributed by atoms with Gasteiger partial charge < -0.3 is 9.47 Å². The van der Waals surface area contributed by atoms with Crippen molar-refractivity contribution in [2.45, 2.75) is 38.9 Å². The van der Waals surface area contributed by atoms with Crippen molar-refractivity contribution in [1.29, 1.82) is 0 Å². The van der Waals surface area contributed by atoms with Gasteiger partial charge in [0.1, 0.15) is 6.79 Å². The van der Waals surface area contributed by atoms with E-state index in [0.717, 1.165) is 11.8 Å². The average Bonchev–Trinajstić information content (AvgIpc) is 2.79. The molecule has 2 heteroatoms. The van der Waals surface area contributed by atoms with Crippen LogP contribution in [0.15, 0.2) is 0 Å². The molecule has 0 aliphatic heterocycles. The van der Waals surface area contributed by atoms with Crippen LogP contribution >= 0.6 is 0 Å². The predicted octanol–water partition coefficient (Wildman–Crippen LogP) is 1.79. The maximum atomic E-state index is 5.44. The Morgan fingerprint density at radius 3 is 1.64 bits per heavy atom. The molecule has 0 aromatic heterocycles. The monoisotopic (exact) mass is 156 g/mol. The molecule has 2 aliphatic carbocycles. The van der Waals surface area contributed by atoms with Crippen LogP contribution in [-0.2, 0) is 9.47 Å². The van der Waals surface area contributed by atoms with Gasteiger partial charge in [-0.05, 0) is 24.7 Å². The molecule has 0 radical (unpaired) electrons. The minimum atomic E-state index is 0.504. The van der Waals surface area contributed by atoms with Crippen LogP contribution in [0.5, 0.6) is 0 Å². The van der Waals surface area contributed by atoms with Gasteiger partial charge >= 0.3 is 0 Å². The Kier molecular flexibility index (Phi) is 1.90. The van der Waals surface area contributed by atoms with Crippen LogP contribution in [0.25, 0.3) is 0 Å². The van der Waals surface area contributed by atoms with E-state index in [1.165, 1.54) is 12.8 Å². The Bertz CT molecular complexity index is 130. The first-order valence-corrected chi connectivity index (χ1v) is 4.50. The van der Waals surface area contributed by atoms with E-state index in [9.17, 15) is 0 Å². The fraction of sp³-hybridized carbons (Fsp3) is 1.00. The SMILES string of the molecule is CC1CC1OCOC1CC1C. The van der Waals surface area contributed by atoms with Crippen LogP contribution in [0.1, 0.15) is 26.7 Å². The minimum absolute atomic E-state index is 0.504. The van der Waals surface area contributed by atoms with Gasteiger partial charge in [0.2, 0.25) is 0 Å². The average molecular weight is 156 g/mol. The molecule has 0 heterocycles. The van der Waals surface area contributed by atoms with Gasteiger partial charge in [-0.15, -0.1) is 0 Å². The van der Waals surface area contributed by atoms with Crippen LogP contribution in [0.4, 0.5) is 0 Å². The van der Waals surface area contributed by atoms with Gasteiger partial charge in [-0.1, -0.05) is 13.8 Å². The van der Waals surface area contributed by atoms with Crippen molar-refractivity contribution < 1.29 is 9.47 Å². The Labute approximate surface area is 67.9 Å². The highest BCUT2D eigenvalue weighted by Crippen LogP contribution is 2.35. The second-order valence-corrected chi connectivity index (χ2v) is 3.95. The van der Waals surface area contributed by atoms with E-state index in [0.29, 0.717) is 19.0 Å². The van der Waals surface area contributed by atoms with Gasteiger partial charge in [0.25, 0.3) is 0 Å². The van der Waals surface area contributed by atoms with Gasteiger partial charge in [-0.2, -0.15) is 0 Å². The van der Waals surface area contributed by atoms with E-state index < -0.39 is 0 Å². The summed E-state index contributed by atoms with van der Waals surface area (Å²) in [5, 5.41) is 0. The molecule has 2 nitrogen and oxygen atoms in total. The van der Waals surface area contributed by atoms with E-state index in [1.807, 2.05) is 0 Å². The highest BCUT2D eigenvalue weighted by Gasteiger charge is 2.36. The lowest BCUT2D eigenvalue weighted by Crippen LogP contribution is -2.04. The standard InChI is InChI=1S/C9H16O2/c1-6-3-8(6)10-5-11-9-4-7(9)2/h6-9H,3-5H2,1-2H3. The summed E-state index contributed by atoms with van der Waals surface area (Å²) >= 11 is 0. The van der Waals surface area contributed by atoms with Gasteiger partial charge in [-0.3, -0.25) is 0 Å². The molecule has 0 amide bonds. The van der Waals surface area contributed by atoms with E-state index in [1.54, 1.807) is 0 Å². The summed E-state index contributed by atoms with van der Waals surface area (Å²) in [6.07, 6.45) is 3.46. The molecule has 0 aromatic carbocycles. The summed E-state index contributed by atoms with van der Waals surface area (Å²) in [7, 11) is 0. The summed E-state index contributed by atoms with van der Waals surface area (Å²) in [6, 6.07) is 0. The van der Waals surface area contributed by atoms with Gasteiger partial charge in [0, 0.05) is 0 Å². The summed E-state index contributed by atoms with van der Waals surface area (Å²) in [5.74, 6) is 1.55. The lowest BCUT2D eigenvalue weighted by Gasteiger charge is -2.02. The topological polar surface area (TPSA) is 18.5 Å². The van der Waals surface area contributed by atoms with Crippen molar-refractivity contribution in [3.8, 4) is 0 Å². The summed E-state index contributed by atoms with van der Waals surface area (Å²) in [4.78, 5) is 0. The zero-order chi connectivity index (χ0) is 7.84. The van der Waals surface area contributed by atoms with Gasteiger partial charge in [0.15, 0.2) is 0 Å². The third-order valence-corrected chi connectivity index (χ3v) is 2.64. The molecule has 0 bridgehead atoms. The van der Waals surface area contributed by atoms with E-state index in [4.69, 9.17) is 9.47 Å². The van der Waals surface area contributed by atoms with Crippen LogP contribution in [0, 0.1) is 11.8 Å². The third kappa shape index (κ3) is 1.94. The fourth-order valence-electron chi connectivity index (χ4n) is 1.25. The predicted molar refractivity (Wildman–Crippen MR) is 42.2 cm³/mol. The van der Waals surface area contributed by atoms with Crippen molar-refractivity contribution >= 4 is 0 Å². The Balaban J connectivity index is 1.48. The van der Waals surface area contributed by atoms with Crippen LogP contribution in [0.2, 0.25) is 0 Å². The second kappa shape index (κ2) is 2.76. The van der Waals surface area contributed by atoms with Crippen LogP contribution in [-0.4, -0.2) is 19.0 Å². The first-order valence-electron chi connectivity index (χ1n) is 4.50. The highest BCUT2D eigenvalue weighted by atomic mass is 16.7. The lowest BCUT2D eigenvalue weighted by atomic mass is 10.5. The molecule has 2 fully saturated rings. The minimum Gasteiger partial charge on any atom is -0.352 e. The quantitative estimate of drug-likeness (QED) is 0.578. The zero-order valence-electron chi connectivity index (χ0n) is 7.25. The molecule has 0 aromatic rings. The van der Waals surface area contributed by atoms with E-state index in [-0.39, 0.29) is 0 Å². The molecule has 11 heavy (non-hydrogen) atoms. The van der Waals surface area contributed by atoms with Crippen molar-refractivity contribution in [1.82, 2.24) is 0 Å². The maximum absolute atomic E-state index is 5.44. The summed E-state index contributed by atoms with van der Waals surface area (Å²) in [6.45, 7) is 4.94. The normalized spacial score (nSPS) is 47.5. The van der Waals surface area contributed by atoms with Crippen LogP contribution in [0.3, 0.4) is 0 Å². The van der Waals surface area contributed by atoms with Gasteiger partial charge in [-0.25, -0.2) is 0 Å². The Hall–Kier alpha value is -0.0800. The summed E-state index contributed by atoms with van der Waals surface area (Å²) < 4.78 is 10.9. The van der Waals surface area contributed by atoms with Crippen molar-refractivity contribution in [3.63, 3.8) is 0 Å². The smallest absolute Gasteiger partial charge is 0.147 e. The number of hydrogen-bond donors (Lipinski definition) is 0. The van der Waals surface area contributed by atoms with Crippen molar-refractivity contribution in [2.75, 3.05) is 6.79 Å². The fourth-order valence-corrected chi connectivity index (χ4v) is 1.25. The molecule has 0 saturated heterocycles. The second-order valence-electron chi connectivity index (χ2n) is 3.95. The molecule has 2 rings (SSSR count). The number of hydrogen-bond acceptors (Lipinski definition) is 2. The maximum Gasteiger partial charge on any atom is 0.147 e. The molecule has 2 saturated carbocycles. The zero-order valence-corrected chi connectivity index (χ0v) is 7.25. The molecule has 0 spiro atoms. The molecule has 64 valence electrons. The first-order chi connectivity index (χ1) is 5.27. The molecule has 2 aliphatic rings. The number of rotatable bonds is 4. The largest absolute Gasteiger partial charge is 0.352 e. The molecule has 4 atom stereocenters. The van der Waals surface area contributed by atoms with Gasteiger partial charge in [0.05, 0.1) is 12.2 Å². The number of ether oxygens (including phenoxy) is 2. The highest BCUT2D eigenvalue weighted by molar-refractivity contribution is 4.84. The Morgan fingerprint density at radius 1 is 1.00 bits per heavy atom. The van der Waals surface area contributed by atoms with E-state index >= 15 is 0 Å². The van der Waals surface area contributed by atoms with Crippen LogP contribution < -0.4 is 0 Å². The summed E-state index contributed by atoms with van der Waals surface area (Å²) in [5.41, 5.74) is 0. The molecular formula is C9H16O2. The molecular weight excluding hydrogens is 140 g/mol. The van der Waals surface area contributed by atoms with Crippen molar-refractivity contribution in [2.24, 2.45) is 11.8 Å². The first kappa shape index (κ1) is 7.56. The Morgan fingerprint density at radius 2 is 1.36 bits per heavy atom. The molecule has 4 unspecified atom stereocenters. The molecule has 0 N–H and O–H groups in total.